The fourth-order valence-corrected chi connectivity index (χ4v) is 1.98. The fourth-order valence-electron chi connectivity index (χ4n) is 1.83. The molecule has 2 heterocycles. The number of hydrogen-bond acceptors (Lipinski definition) is 4. The molecule has 1 amide bonds. The van der Waals surface area contributed by atoms with Gasteiger partial charge in [-0.25, -0.2) is 4.98 Å². The lowest BCUT2D eigenvalue weighted by atomic mass is 9.85. The van der Waals surface area contributed by atoms with Crippen LogP contribution in [0.3, 0.4) is 0 Å². The number of carbonyl (C=O) groups is 1. The van der Waals surface area contributed by atoms with Crippen molar-refractivity contribution in [3.05, 3.63) is 23.0 Å². The van der Waals surface area contributed by atoms with Crippen molar-refractivity contribution >= 4 is 23.2 Å². The van der Waals surface area contributed by atoms with E-state index in [1.165, 1.54) is 0 Å². The summed E-state index contributed by atoms with van der Waals surface area (Å²) in [5.74, 6) is -0.193. The lowest BCUT2D eigenvalue weighted by Gasteiger charge is -2.25. The molecule has 1 aliphatic rings. The monoisotopic (exact) mass is 269 g/mol. The molecule has 0 saturated carbocycles. The molecule has 2 unspecified atom stereocenters. The third-order valence-electron chi connectivity index (χ3n) is 3.26. The van der Waals surface area contributed by atoms with Crippen LogP contribution in [-0.4, -0.2) is 30.1 Å². The third-order valence-corrected chi connectivity index (χ3v) is 3.56. The van der Waals surface area contributed by atoms with E-state index in [4.69, 9.17) is 22.1 Å². The van der Waals surface area contributed by atoms with E-state index in [9.17, 15) is 4.79 Å². The van der Waals surface area contributed by atoms with E-state index in [-0.39, 0.29) is 17.1 Å². The van der Waals surface area contributed by atoms with Gasteiger partial charge in [-0.05, 0) is 25.5 Å². The number of carbonyl (C=O) groups excluding carboxylic acids is 1. The molecule has 1 aromatic heterocycles. The van der Waals surface area contributed by atoms with Crippen LogP contribution >= 0.6 is 11.6 Å². The first kappa shape index (κ1) is 13.3. The zero-order valence-electron chi connectivity index (χ0n) is 10.4. The normalized spacial score (nSPS) is 27.2. The third kappa shape index (κ3) is 2.34. The summed E-state index contributed by atoms with van der Waals surface area (Å²) < 4.78 is 5.25. The van der Waals surface area contributed by atoms with Crippen molar-refractivity contribution < 1.29 is 9.53 Å². The molecule has 0 aromatic carbocycles. The Morgan fingerprint density at radius 1 is 1.72 bits per heavy atom. The smallest absolute Gasteiger partial charge is 0.234 e. The topological polar surface area (TPSA) is 77.2 Å². The largest absolute Gasteiger partial charge is 0.379 e. The van der Waals surface area contributed by atoms with E-state index in [0.717, 1.165) is 5.56 Å². The summed E-state index contributed by atoms with van der Waals surface area (Å²) >= 11 is 5.94. The molecule has 0 aliphatic carbocycles. The maximum atomic E-state index is 12.3. The van der Waals surface area contributed by atoms with Crippen molar-refractivity contribution in [3.8, 4) is 0 Å². The van der Waals surface area contributed by atoms with Crippen molar-refractivity contribution in [2.75, 3.05) is 18.5 Å². The molecule has 1 aromatic rings. The standard InChI is InChI=1S/C12H16ClN3O2/c1-7-3-8(10(13)15-4-7)16-11(17)12(2)6-18-5-9(12)14/h3-4,9H,5-6,14H2,1-2H3,(H,16,17). The summed E-state index contributed by atoms with van der Waals surface area (Å²) in [5, 5.41) is 3.04. The van der Waals surface area contributed by atoms with Gasteiger partial charge in [0, 0.05) is 12.2 Å². The van der Waals surface area contributed by atoms with Gasteiger partial charge in [-0.1, -0.05) is 11.6 Å². The highest BCUT2D eigenvalue weighted by molar-refractivity contribution is 6.32. The van der Waals surface area contributed by atoms with E-state index < -0.39 is 5.41 Å². The van der Waals surface area contributed by atoms with E-state index in [2.05, 4.69) is 10.3 Å². The molecule has 2 atom stereocenters. The van der Waals surface area contributed by atoms with Crippen molar-refractivity contribution in [1.82, 2.24) is 4.98 Å². The summed E-state index contributed by atoms with van der Waals surface area (Å²) in [4.78, 5) is 16.2. The van der Waals surface area contributed by atoms with E-state index in [1.54, 1.807) is 19.2 Å². The maximum Gasteiger partial charge on any atom is 0.234 e. The van der Waals surface area contributed by atoms with E-state index in [1.807, 2.05) is 6.92 Å². The van der Waals surface area contributed by atoms with Crippen LogP contribution in [0.2, 0.25) is 5.15 Å². The number of ether oxygens (including phenoxy) is 1. The molecule has 1 fully saturated rings. The average molecular weight is 270 g/mol. The Morgan fingerprint density at radius 3 is 3.06 bits per heavy atom. The van der Waals surface area contributed by atoms with Crippen LogP contribution < -0.4 is 11.1 Å². The second-order valence-electron chi connectivity index (χ2n) is 4.84. The van der Waals surface area contributed by atoms with Gasteiger partial charge in [0.05, 0.1) is 24.3 Å². The van der Waals surface area contributed by atoms with Crippen LogP contribution in [0.15, 0.2) is 12.3 Å². The summed E-state index contributed by atoms with van der Waals surface area (Å²) in [6, 6.07) is 1.46. The Balaban J connectivity index is 2.19. The second kappa shape index (κ2) is 4.84. The zero-order chi connectivity index (χ0) is 13.3. The van der Waals surface area contributed by atoms with Gasteiger partial charge in [-0.15, -0.1) is 0 Å². The Labute approximate surface area is 111 Å². The number of aryl methyl sites for hydroxylation is 1. The number of anilines is 1. The number of amides is 1. The van der Waals surface area contributed by atoms with Gasteiger partial charge in [-0.3, -0.25) is 4.79 Å². The van der Waals surface area contributed by atoms with Gasteiger partial charge in [0.1, 0.15) is 0 Å². The first-order valence-electron chi connectivity index (χ1n) is 5.70. The lowest BCUT2D eigenvalue weighted by Crippen LogP contribution is -2.47. The number of hydrogen-bond donors (Lipinski definition) is 2. The molecule has 2 rings (SSSR count). The molecule has 0 radical (unpaired) electrons. The van der Waals surface area contributed by atoms with Gasteiger partial charge in [0.2, 0.25) is 5.91 Å². The Kier molecular flexibility index (Phi) is 3.56. The fraction of sp³-hybridized carbons (Fsp3) is 0.500. The zero-order valence-corrected chi connectivity index (χ0v) is 11.1. The van der Waals surface area contributed by atoms with Gasteiger partial charge in [-0.2, -0.15) is 0 Å². The quantitative estimate of drug-likeness (QED) is 0.795. The first-order valence-corrected chi connectivity index (χ1v) is 6.08. The summed E-state index contributed by atoms with van der Waals surface area (Å²) in [6.45, 7) is 4.38. The molecule has 1 aliphatic heterocycles. The molecule has 18 heavy (non-hydrogen) atoms. The predicted octanol–water partition coefficient (Wildman–Crippen LogP) is 1.35. The number of rotatable bonds is 2. The van der Waals surface area contributed by atoms with Gasteiger partial charge >= 0.3 is 0 Å². The minimum Gasteiger partial charge on any atom is -0.379 e. The highest BCUT2D eigenvalue weighted by Gasteiger charge is 2.44. The molecular weight excluding hydrogens is 254 g/mol. The first-order chi connectivity index (χ1) is 8.43. The number of pyridine rings is 1. The highest BCUT2D eigenvalue weighted by Crippen LogP contribution is 2.30. The van der Waals surface area contributed by atoms with Crippen molar-refractivity contribution in [3.63, 3.8) is 0 Å². The second-order valence-corrected chi connectivity index (χ2v) is 5.20. The molecule has 5 nitrogen and oxygen atoms in total. The van der Waals surface area contributed by atoms with Crippen LogP contribution in [0.25, 0.3) is 0 Å². The molecule has 0 bridgehead atoms. The minimum atomic E-state index is -0.729. The molecule has 6 heteroatoms. The average Bonchev–Trinajstić information content (AvgIpc) is 2.66. The molecule has 3 N–H and O–H groups in total. The van der Waals surface area contributed by atoms with Crippen LogP contribution in [0.5, 0.6) is 0 Å². The van der Waals surface area contributed by atoms with Crippen molar-refractivity contribution in [2.24, 2.45) is 11.1 Å². The molecular formula is C12H16ClN3O2. The Bertz CT molecular complexity index is 480. The van der Waals surface area contributed by atoms with Crippen molar-refractivity contribution in [1.29, 1.82) is 0 Å². The predicted molar refractivity (Wildman–Crippen MR) is 69.5 cm³/mol. The van der Waals surface area contributed by atoms with Crippen LogP contribution in [-0.2, 0) is 9.53 Å². The van der Waals surface area contributed by atoms with Gasteiger partial charge in [0.25, 0.3) is 0 Å². The number of nitrogens with zero attached hydrogens (tertiary/aromatic N) is 1. The van der Waals surface area contributed by atoms with Crippen molar-refractivity contribution in [2.45, 2.75) is 19.9 Å². The Morgan fingerprint density at radius 2 is 2.44 bits per heavy atom. The summed E-state index contributed by atoms with van der Waals surface area (Å²) in [6.07, 6.45) is 1.64. The van der Waals surface area contributed by atoms with Crippen LogP contribution in [0.4, 0.5) is 5.69 Å². The lowest BCUT2D eigenvalue weighted by molar-refractivity contribution is -0.125. The van der Waals surface area contributed by atoms with Gasteiger partial charge < -0.3 is 15.8 Å². The molecule has 0 spiro atoms. The number of aromatic nitrogens is 1. The van der Waals surface area contributed by atoms with Crippen LogP contribution in [0.1, 0.15) is 12.5 Å². The molecule has 98 valence electrons. The van der Waals surface area contributed by atoms with Crippen LogP contribution in [0, 0.1) is 12.3 Å². The van der Waals surface area contributed by atoms with E-state index >= 15 is 0 Å². The number of nitrogens with two attached hydrogens (primary N) is 1. The Hall–Kier alpha value is -1.17. The summed E-state index contributed by atoms with van der Waals surface area (Å²) in [7, 11) is 0. The minimum absolute atomic E-state index is 0.193. The number of halogens is 1. The summed E-state index contributed by atoms with van der Waals surface area (Å²) in [5.41, 5.74) is 6.60. The molecule has 1 saturated heterocycles. The highest BCUT2D eigenvalue weighted by atomic mass is 35.5. The van der Waals surface area contributed by atoms with E-state index in [0.29, 0.717) is 18.9 Å². The SMILES string of the molecule is Cc1cnc(Cl)c(NC(=O)C2(C)COCC2N)c1. The maximum absolute atomic E-state index is 12.3. The van der Waals surface area contributed by atoms with Gasteiger partial charge in [0.15, 0.2) is 5.15 Å². The number of nitrogens with one attached hydrogen (secondary N) is 1.